The second-order valence-electron chi connectivity index (χ2n) is 5.17. The maximum Gasteiger partial charge on any atom is 0.254 e. The monoisotopic (exact) mass is 280 g/mol. The van der Waals surface area contributed by atoms with Crippen LogP contribution in [0.4, 0.5) is 10.1 Å². The minimum atomic E-state index is -0.666. The highest BCUT2D eigenvalue weighted by Gasteiger charge is 2.42. The molecule has 2 heterocycles. The van der Waals surface area contributed by atoms with Crippen molar-refractivity contribution in [3.63, 3.8) is 0 Å². The molecule has 0 saturated carbocycles. The van der Waals surface area contributed by atoms with E-state index in [9.17, 15) is 9.18 Å². The number of carbonyl (C=O) groups excluding carboxylic acids is 1. The minimum Gasteiger partial charge on any atom is -0.396 e. The Morgan fingerprint density at radius 3 is 2.80 bits per heavy atom. The number of piperidine rings is 1. The van der Waals surface area contributed by atoms with Crippen LogP contribution < -0.4 is 5.73 Å². The first kappa shape index (κ1) is 13.3. The number of nitrogens with zero attached hydrogens (tertiary/aromatic N) is 1. The van der Waals surface area contributed by atoms with E-state index in [1.807, 2.05) is 0 Å². The lowest BCUT2D eigenvalue weighted by Gasteiger charge is -2.38. The van der Waals surface area contributed by atoms with Gasteiger partial charge in [0.15, 0.2) is 5.79 Å². The predicted octanol–water partition coefficient (Wildman–Crippen LogP) is 1.39. The Kier molecular flexibility index (Phi) is 3.35. The number of rotatable bonds is 1. The number of hydrogen-bond acceptors (Lipinski definition) is 4. The smallest absolute Gasteiger partial charge is 0.254 e. The second kappa shape index (κ2) is 5.03. The van der Waals surface area contributed by atoms with Gasteiger partial charge >= 0.3 is 0 Å². The summed E-state index contributed by atoms with van der Waals surface area (Å²) in [7, 11) is 0. The molecule has 0 aliphatic carbocycles. The zero-order valence-corrected chi connectivity index (χ0v) is 11.1. The van der Waals surface area contributed by atoms with Crippen LogP contribution in [-0.2, 0) is 9.47 Å². The number of carbonyl (C=O) groups is 1. The van der Waals surface area contributed by atoms with Crippen molar-refractivity contribution in [2.75, 3.05) is 32.0 Å². The van der Waals surface area contributed by atoms with E-state index in [1.54, 1.807) is 11.0 Å². The Morgan fingerprint density at radius 1 is 1.35 bits per heavy atom. The summed E-state index contributed by atoms with van der Waals surface area (Å²) in [6, 6.07) is 4.12. The van der Waals surface area contributed by atoms with Crippen molar-refractivity contribution < 1.29 is 18.7 Å². The van der Waals surface area contributed by atoms with E-state index >= 15 is 0 Å². The van der Waals surface area contributed by atoms with Crippen LogP contribution in [0.1, 0.15) is 23.2 Å². The number of amides is 1. The number of likely N-dealkylation sites (tertiary alicyclic amines) is 1. The average Bonchev–Trinajstić information content (AvgIpc) is 2.89. The number of halogens is 1. The summed E-state index contributed by atoms with van der Waals surface area (Å²) < 4.78 is 24.7. The predicted molar refractivity (Wildman–Crippen MR) is 70.6 cm³/mol. The molecule has 0 unspecified atom stereocenters. The first-order chi connectivity index (χ1) is 9.60. The summed E-state index contributed by atoms with van der Waals surface area (Å²) in [5.74, 6) is -1.46. The molecule has 2 saturated heterocycles. The van der Waals surface area contributed by atoms with Crippen LogP contribution >= 0.6 is 0 Å². The van der Waals surface area contributed by atoms with Crippen molar-refractivity contribution in [1.29, 1.82) is 0 Å². The van der Waals surface area contributed by atoms with E-state index in [0.29, 0.717) is 31.9 Å². The topological polar surface area (TPSA) is 64.8 Å². The van der Waals surface area contributed by atoms with Crippen molar-refractivity contribution in [1.82, 2.24) is 4.90 Å². The molecule has 1 aromatic carbocycles. The number of nitrogens with two attached hydrogens (primary N) is 1. The molecule has 0 radical (unpaired) electrons. The maximum absolute atomic E-state index is 13.5. The molecule has 1 amide bonds. The summed E-state index contributed by atoms with van der Waals surface area (Å²) in [5.41, 5.74) is 5.76. The zero-order valence-electron chi connectivity index (χ0n) is 11.1. The van der Waals surface area contributed by atoms with Crippen LogP contribution in [-0.4, -0.2) is 42.9 Å². The average molecular weight is 280 g/mol. The third-order valence-electron chi connectivity index (χ3n) is 3.77. The molecule has 2 fully saturated rings. The second-order valence-corrected chi connectivity index (χ2v) is 5.17. The van der Waals surface area contributed by atoms with Gasteiger partial charge in [0.05, 0.1) is 25.4 Å². The molecule has 5 nitrogen and oxygen atoms in total. The summed E-state index contributed by atoms with van der Waals surface area (Å²) >= 11 is 0. The summed E-state index contributed by atoms with van der Waals surface area (Å²) in [5, 5.41) is 0. The molecule has 2 aliphatic heterocycles. The zero-order chi connectivity index (χ0) is 14.2. The molecule has 6 heteroatoms. The third kappa shape index (κ3) is 2.36. The Bertz CT molecular complexity index is 529. The molecule has 1 spiro atoms. The lowest BCUT2D eigenvalue weighted by atomic mass is 10.0. The van der Waals surface area contributed by atoms with Gasteiger partial charge in [-0.1, -0.05) is 0 Å². The third-order valence-corrected chi connectivity index (χ3v) is 3.77. The number of hydrogen-bond donors (Lipinski definition) is 1. The van der Waals surface area contributed by atoms with Crippen LogP contribution in [0.3, 0.4) is 0 Å². The van der Waals surface area contributed by atoms with E-state index in [1.165, 1.54) is 12.1 Å². The van der Waals surface area contributed by atoms with Crippen molar-refractivity contribution in [3.05, 3.63) is 29.6 Å². The normalized spacial score (nSPS) is 21.4. The molecule has 108 valence electrons. The fourth-order valence-electron chi connectivity index (χ4n) is 2.74. The van der Waals surface area contributed by atoms with Crippen molar-refractivity contribution in [2.45, 2.75) is 18.6 Å². The van der Waals surface area contributed by atoms with Crippen LogP contribution in [0.25, 0.3) is 0 Å². The van der Waals surface area contributed by atoms with Gasteiger partial charge in [0, 0.05) is 18.5 Å². The van der Waals surface area contributed by atoms with Crippen LogP contribution in [0.15, 0.2) is 18.2 Å². The quantitative estimate of drug-likeness (QED) is 0.789. The number of nitrogen functional groups attached to an aromatic ring is 1. The van der Waals surface area contributed by atoms with Gasteiger partial charge in [0.25, 0.3) is 5.91 Å². The number of anilines is 1. The van der Waals surface area contributed by atoms with E-state index in [-0.39, 0.29) is 11.6 Å². The van der Waals surface area contributed by atoms with Crippen molar-refractivity contribution in [2.24, 2.45) is 0 Å². The molecule has 0 aromatic heterocycles. The number of benzene rings is 1. The molecule has 2 N–H and O–H groups in total. The van der Waals surface area contributed by atoms with Gasteiger partial charge in [0.1, 0.15) is 5.82 Å². The standard InChI is InChI=1S/C14H17FN2O3/c15-11-8-10(2-3-12(11)16)13(18)17-5-1-4-14(9-17)19-6-7-20-14/h2-3,8H,1,4-7,9,16H2. The van der Waals surface area contributed by atoms with E-state index in [0.717, 1.165) is 12.8 Å². The van der Waals surface area contributed by atoms with E-state index in [2.05, 4.69) is 0 Å². The molecule has 2 aliphatic rings. The first-order valence-electron chi connectivity index (χ1n) is 6.72. The molecule has 20 heavy (non-hydrogen) atoms. The summed E-state index contributed by atoms with van der Waals surface area (Å²) in [6.07, 6.45) is 1.59. The Morgan fingerprint density at radius 2 is 2.10 bits per heavy atom. The highest BCUT2D eigenvalue weighted by Crippen LogP contribution is 2.30. The minimum absolute atomic E-state index is 0.0409. The van der Waals surface area contributed by atoms with E-state index in [4.69, 9.17) is 15.2 Å². The largest absolute Gasteiger partial charge is 0.396 e. The van der Waals surface area contributed by atoms with Crippen LogP contribution in [0.2, 0.25) is 0 Å². The Labute approximate surface area is 116 Å². The fraction of sp³-hybridized carbons (Fsp3) is 0.500. The molecule has 3 rings (SSSR count). The van der Waals surface area contributed by atoms with Crippen molar-refractivity contribution in [3.8, 4) is 0 Å². The number of ether oxygens (including phenoxy) is 2. The fourth-order valence-corrected chi connectivity index (χ4v) is 2.74. The van der Waals surface area contributed by atoms with Gasteiger partial charge in [-0.15, -0.1) is 0 Å². The molecular weight excluding hydrogens is 263 g/mol. The van der Waals surface area contributed by atoms with Crippen LogP contribution in [0, 0.1) is 5.82 Å². The summed E-state index contributed by atoms with van der Waals surface area (Å²) in [6.45, 7) is 2.12. The van der Waals surface area contributed by atoms with Gasteiger partial charge in [-0.05, 0) is 24.6 Å². The van der Waals surface area contributed by atoms with E-state index < -0.39 is 11.6 Å². The van der Waals surface area contributed by atoms with Crippen LogP contribution in [0.5, 0.6) is 0 Å². The van der Waals surface area contributed by atoms with Gasteiger partial charge < -0.3 is 20.1 Å². The Balaban J connectivity index is 1.77. The van der Waals surface area contributed by atoms with Gasteiger partial charge in [-0.25, -0.2) is 4.39 Å². The van der Waals surface area contributed by atoms with Gasteiger partial charge in [-0.3, -0.25) is 4.79 Å². The molecular formula is C14H17FN2O3. The Hall–Kier alpha value is -1.66. The first-order valence-corrected chi connectivity index (χ1v) is 6.72. The highest BCUT2D eigenvalue weighted by molar-refractivity contribution is 5.94. The maximum atomic E-state index is 13.5. The molecule has 0 bridgehead atoms. The van der Waals surface area contributed by atoms with Crippen molar-refractivity contribution >= 4 is 11.6 Å². The van der Waals surface area contributed by atoms with Gasteiger partial charge in [0.2, 0.25) is 0 Å². The molecule has 0 atom stereocenters. The SMILES string of the molecule is Nc1ccc(C(=O)N2CCCC3(C2)OCCO3)cc1F. The summed E-state index contributed by atoms with van der Waals surface area (Å²) in [4.78, 5) is 14.1. The molecule has 1 aromatic rings. The lowest BCUT2D eigenvalue weighted by molar-refractivity contribution is -0.183. The van der Waals surface area contributed by atoms with Gasteiger partial charge in [-0.2, -0.15) is 0 Å². The highest BCUT2D eigenvalue weighted by atomic mass is 19.1. The lowest BCUT2D eigenvalue weighted by Crippen LogP contribution is -2.51.